The molecule has 2 aromatic rings. The molecule has 0 atom stereocenters. The van der Waals surface area contributed by atoms with Crippen LogP contribution in [-0.2, 0) is 0 Å². The third-order valence-corrected chi connectivity index (χ3v) is 2.66. The van der Waals surface area contributed by atoms with Gasteiger partial charge in [-0.25, -0.2) is 0 Å². The van der Waals surface area contributed by atoms with Crippen LogP contribution in [0, 0.1) is 6.07 Å². The molecule has 0 unspecified atom stereocenters. The second-order valence-corrected chi connectivity index (χ2v) is 3.82. The van der Waals surface area contributed by atoms with Crippen LogP contribution in [-0.4, -0.2) is 14.2 Å². The van der Waals surface area contributed by atoms with E-state index in [0.717, 1.165) is 11.1 Å². The van der Waals surface area contributed by atoms with Crippen LogP contribution in [0.2, 0.25) is 0 Å². The molecule has 0 amide bonds. The maximum absolute atomic E-state index is 5.77. The van der Waals surface area contributed by atoms with Gasteiger partial charge in [-0.05, 0) is 23.8 Å². The van der Waals surface area contributed by atoms with E-state index in [1.165, 1.54) is 0 Å². The lowest BCUT2D eigenvalue weighted by Crippen LogP contribution is -1.95. The Balaban J connectivity index is 2.54. The van der Waals surface area contributed by atoms with Crippen LogP contribution in [0.1, 0.15) is 0 Å². The zero-order valence-corrected chi connectivity index (χ0v) is 10.4. The quantitative estimate of drug-likeness (QED) is 0.812. The fourth-order valence-electron chi connectivity index (χ4n) is 1.74. The molecule has 18 heavy (non-hydrogen) atoms. The lowest BCUT2D eigenvalue weighted by Gasteiger charge is -2.11. The molecule has 0 saturated carbocycles. The molecule has 1 radical (unpaired) electrons. The maximum atomic E-state index is 5.77. The third-order valence-electron chi connectivity index (χ3n) is 2.66. The predicted molar refractivity (Wildman–Crippen MR) is 72.6 cm³/mol. The van der Waals surface area contributed by atoms with E-state index in [2.05, 4.69) is 6.07 Å². The summed E-state index contributed by atoms with van der Waals surface area (Å²) < 4.78 is 10.5. The summed E-state index contributed by atoms with van der Waals surface area (Å²) in [6.45, 7) is 0. The zero-order chi connectivity index (χ0) is 13.1. The van der Waals surface area contributed by atoms with Gasteiger partial charge in [-0.2, -0.15) is 0 Å². The van der Waals surface area contributed by atoms with Crippen molar-refractivity contribution in [2.45, 2.75) is 0 Å². The Kier molecular flexibility index (Phi) is 3.28. The second-order valence-electron chi connectivity index (χ2n) is 3.82. The standard InChI is InChI=1S/C14H15N2O2/c1-17-13-8-10(15)4-5-11(13)9-3-6-12(16)14(7-9)18-2/h3-6,8H,15-16H2,1-2H3. The second kappa shape index (κ2) is 4.87. The Morgan fingerprint density at radius 3 is 2.44 bits per heavy atom. The van der Waals surface area contributed by atoms with Crippen LogP contribution in [0.25, 0.3) is 11.1 Å². The number of ether oxygens (including phenoxy) is 2. The van der Waals surface area contributed by atoms with Crippen molar-refractivity contribution in [3.8, 4) is 22.6 Å². The number of methoxy groups -OCH3 is 2. The number of hydrogen-bond acceptors (Lipinski definition) is 4. The molecule has 0 saturated heterocycles. The Labute approximate surface area is 106 Å². The van der Waals surface area contributed by atoms with Gasteiger partial charge in [0.1, 0.15) is 11.5 Å². The van der Waals surface area contributed by atoms with E-state index in [1.807, 2.05) is 18.2 Å². The van der Waals surface area contributed by atoms with Gasteiger partial charge in [0.2, 0.25) is 0 Å². The summed E-state index contributed by atoms with van der Waals surface area (Å²) in [7, 11) is 3.17. The van der Waals surface area contributed by atoms with Crippen molar-refractivity contribution in [2.75, 3.05) is 25.7 Å². The van der Waals surface area contributed by atoms with Crippen LogP contribution >= 0.6 is 0 Å². The van der Waals surface area contributed by atoms with Gasteiger partial charge in [0.05, 0.1) is 19.9 Å². The van der Waals surface area contributed by atoms with Gasteiger partial charge in [0, 0.05) is 23.4 Å². The minimum Gasteiger partial charge on any atom is -0.496 e. The van der Waals surface area contributed by atoms with Crippen molar-refractivity contribution in [3.63, 3.8) is 0 Å². The molecular weight excluding hydrogens is 228 g/mol. The average molecular weight is 243 g/mol. The minimum absolute atomic E-state index is 0.520. The van der Waals surface area contributed by atoms with Crippen molar-refractivity contribution in [3.05, 3.63) is 36.4 Å². The van der Waals surface area contributed by atoms with Gasteiger partial charge in [-0.1, -0.05) is 6.07 Å². The van der Waals surface area contributed by atoms with Gasteiger partial charge in [-0.3, -0.25) is 0 Å². The summed E-state index contributed by atoms with van der Waals surface area (Å²) in [6.07, 6.45) is 0. The Morgan fingerprint density at radius 2 is 1.78 bits per heavy atom. The number of anilines is 2. The molecule has 2 rings (SSSR count). The zero-order valence-electron chi connectivity index (χ0n) is 10.4. The smallest absolute Gasteiger partial charge is 0.150 e. The lowest BCUT2D eigenvalue weighted by molar-refractivity contribution is 0.414. The lowest BCUT2D eigenvalue weighted by atomic mass is 10.0. The number of rotatable bonds is 3. The minimum atomic E-state index is 0.520. The van der Waals surface area contributed by atoms with Gasteiger partial charge in [0.15, 0.2) is 0 Å². The molecular formula is C14H15N2O2. The van der Waals surface area contributed by atoms with E-state index in [0.29, 0.717) is 22.9 Å². The molecule has 0 aliphatic heterocycles. The van der Waals surface area contributed by atoms with Gasteiger partial charge in [0.25, 0.3) is 0 Å². The summed E-state index contributed by atoms with van der Waals surface area (Å²) in [6, 6.07) is 12.2. The molecule has 4 heteroatoms. The van der Waals surface area contributed by atoms with E-state index in [1.54, 1.807) is 26.4 Å². The molecule has 0 aromatic heterocycles. The van der Waals surface area contributed by atoms with Crippen LogP contribution in [0.15, 0.2) is 30.3 Å². The van der Waals surface area contributed by atoms with Crippen molar-refractivity contribution in [1.82, 2.24) is 0 Å². The number of nitrogen functional groups attached to an aromatic ring is 2. The molecule has 4 N–H and O–H groups in total. The van der Waals surface area contributed by atoms with E-state index in [9.17, 15) is 0 Å². The first-order chi connectivity index (χ1) is 8.65. The first-order valence-electron chi connectivity index (χ1n) is 5.45. The summed E-state index contributed by atoms with van der Waals surface area (Å²) in [5.74, 6) is 1.21. The third kappa shape index (κ3) is 2.18. The monoisotopic (exact) mass is 243 g/mol. The van der Waals surface area contributed by atoms with Crippen molar-refractivity contribution < 1.29 is 9.47 Å². The number of benzene rings is 2. The fraction of sp³-hybridized carbons (Fsp3) is 0.143. The highest BCUT2D eigenvalue weighted by atomic mass is 16.5. The van der Waals surface area contributed by atoms with Crippen molar-refractivity contribution >= 4 is 11.4 Å². The van der Waals surface area contributed by atoms with Gasteiger partial charge in [-0.15, -0.1) is 0 Å². The molecule has 2 aromatic carbocycles. The normalized spacial score (nSPS) is 10.1. The van der Waals surface area contributed by atoms with Crippen molar-refractivity contribution in [1.29, 1.82) is 0 Å². The van der Waals surface area contributed by atoms with Crippen LogP contribution in [0.5, 0.6) is 11.5 Å². The molecule has 0 aliphatic carbocycles. The molecule has 0 spiro atoms. The molecule has 93 valence electrons. The van der Waals surface area contributed by atoms with Crippen LogP contribution in [0.4, 0.5) is 11.4 Å². The fourth-order valence-corrected chi connectivity index (χ4v) is 1.74. The number of nitrogens with two attached hydrogens (primary N) is 2. The highest BCUT2D eigenvalue weighted by Gasteiger charge is 2.09. The Bertz CT molecular complexity index is 568. The Morgan fingerprint density at radius 1 is 1.00 bits per heavy atom. The van der Waals surface area contributed by atoms with E-state index in [4.69, 9.17) is 20.9 Å². The van der Waals surface area contributed by atoms with Crippen LogP contribution in [0.3, 0.4) is 0 Å². The van der Waals surface area contributed by atoms with E-state index >= 15 is 0 Å². The average Bonchev–Trinajstić information content (AvgIpc) is 2.39. The summed E-state index contributed by atoms with van der Waals surface area (Å²) >= 11 is 0. The Hall–Kier alpha value is -2.36. The van der Waals surface area contributed by atoms with E-state index < -0.39 is 0 Å². The van der Waals surface area contributed by atoms with E-state index in [-0.39, 0.29) is 0 Å². The summed E-state index contributed by atoms with van der Waals surface area (Å²) in [5.41, 5.74) is 14.4. The highest BCUT2D eigenvalue weighted by Crippen LogP contribution is 2.34. The largest absolute Gasteiger partial charge is 0.496 e. The van der Waals surface area contributed by atoms with Gasteiger partial charge >= 0.3 is 0 Å². The maximum Gasteiger partial charge on any atom is 0.150 e. The molecule has 0 aliphatic rings. The number of hydrogen-bond donors (Lipinski definition) is 2. The first-order valence-corrected chi connectivity index (χ1v) is 5.45. The molecule has 0 bridgehead atoms. The first kappa shape index (κ1) is 12.1. The summed E-state index contributed by atoms with van der Waals surface area (Å²) in [4.78, 5) is 0. The topological polar surface area (TPSA) is 70.5 Å². The van der Waals surface area contributed by atoms with Crippen LogP contribution < -0.4 is 20.9 Å². The summed E-state index contributed by atoms with van der Waals surface area (Å²) in [5, 5.41) is 0. The van der Waals surface area contributed by atoms with Crippen molar-refractivity contribution in [2.24, 2.45) is 0 Å². The van der Waals surface area contributed by atoms with Gasteiger partial charge < -0.3 is 20.9 Å². The predicted octanol–water partition coefficient (Wildman–Crippen LogP) is 2.34. The highest BCUT2D eigenvalue weighted by molar-refractivity contribution is 5.75. The SMILES string of the molecule is COc1[c]c(-c2ccc(N)cc2OC)ccc1N. The molecule has 0 fully saturated rings. The molecule has 4 nitrogen and oxygen atoms in total. The molecule has 0 heterocycles.